The van der Waals surface area contributed by atoms with Crippen molar-refractivity contribution in [1.82, 2.24) is 14.9 Å². The average Bonchev–Trinajstić information content (AvgIpc) is 2.99. The Kier molecular flexibility index (Phi) is 5.78. The van der Waals surface area contributed by atoms with Gasteiger partial charge in [-0.25, -0.2) is 4.98 Å². The summed E-state index contributed by atoms with van der Waals surface area (Å²) in [6, 6.07) is 8.38. The quantitative estimate of drug-likeness (QED) is 0.757. The van der Waals surface area contributed by atoms with Gasteiger partial charge in [0, 0.05) is 26.4 Å². The smallest absolute Gasteiger partial charge is 0.118 e. The fraction of sp³-hybridized carbons (Fsp3) is 0.438. The highest BCUT2D eigenvalue weighted by atomic mass is 16.5. The van der Waals surface area contributed by atoms with E-state index in [9.17, 15) is 0 Å². The Labute approximate surface area is 125 Å². The van der Waals surface area contributed by atoms with Crippen LogP contribution < -0.4 is 10.1 Å². The third kappa shape index (κ3) is 4.06. The van der Waals surface area contributed by atoms with Gasteiger partial charge >= 0.3 is 0 Å². The Bertz CT molecular complexity index is 537. The first-order chi connectivity index (χ1) is 10.3. The number of hydrogen-bond donors (Lipinski definition) is 1. The number of benzene rings is 1. The van der Waals surface area contributed by atoms with E-state index in [1.807, 2.05) is 24.7 Å². The predicted octanol–water partition coefficient (Wildman–Crippen LogP) is 2.24. The summed E-state index contributed by atoms with van der Waals surface area (Å²) in [5.41, 5.74) is 2.39. The van der Waals surface area contributed by atoms with Gasteiger partial charge in [-0.05, 0) is 24.6 Å². The molecule has 21 heavy (non-hydrogen) atoms. The van der Waals surface area contributed by atoms with Crippen molar-refractivity contribution in [2.45, 2.75) is 19.5 Å². The Morgan fingerprint density at radius 1 is 1.24 bits per heavy atom. The number of nitrogens with zero attached hydrogens (tertiary/aromatic N) is 2. The first kappa shape index (κ1) is 15.5. The second kappa shape index (κ2) is 7.81. The van der Waals surface area contributed by atoms with Gasteiger partial charge in [-0.15, -0.1) is 0 Å². The van der Waals surface area contributed by atoms with Gasteiger partial charge in [0.05, 0.1) is 31.8 Å². The maximum atomic E-state index is 5.20. The highest BCUT2D eigenvalue weighted by molar-refractivity contribution is 5.29. The van der Waals surface area contributed by atoms with Crippen molar-refractivity contribution >= 4 is 0 Å². The van der Waals surface area contributed by atoms with Gasteiger partial charge < -0.3 is 19.4 Å². The molecule has 1 N–H and O–H groups in total. The Morgan fingerprint density at radius 3 is 2.67 bits per heavy atom. The number of aromatic nitrogens is 2. The summed E-state index contributed by atoms with van der Waals surface area (Å²) < 4.78 is 12.4. The first-order valence-electron chi connectivity index (χ1n) is 7.10. The van der Waals surface area contributed by atoms with Crippen LogP contribution in [0.2, 0.25) is 0 Å². The minimum Gasteiger partial charge on any atom is -0.497 e. The van der Waals surface area contributed by atoms with Crippen LogP contribution in [0.3, 0.4) is 0 Å². The molecule has 0 amide bonds. The van der Waals surface area contributed by atoms with E-state index in [0.717, 1.165) is 24.5 Å². The number of methoxy groups -OCH3 is 2. The van der Waals surface area contributed by atoms with Gasteiger partial charge in [-0.3, -0.25) is 0 Å². The van der Waals surface area contributed by atoms with E-state index < -0.39 is 0 Å². The summed E-state index contributed by atoms with van der Waals surface area (Å²) >= 11 is 0. The molecule has 0 aliphatic rings. The molecule has 5 heteroatoms. The van der Waals surface area contributed by atoms with Gasteiger partial charge in [0.15, 0.2) is 0 Å². The lowest BCUT2D eigenvalue weighted by molar-refractivity contribution is 0.199. The van der Waals surface area contributed by atoms with E-state index in [1.54, 1.807) is 14.2 Å². The standard InChI is InChI=1S/C16H23N3O2/c1-13(14-4-6-16(21-3)7-5-14)19-12-18-11-15(19)10-17-8-9-20-2/h4-7,11-13,17H,8-10H2,1-3H3. The van der Waals surface area contributed by atoms with Crippen molar-refractivity contribution in [2.75, 3.05) is 27.4 Å². The van der Waals surface area contributed by atoms with Crippen molar-refractivity contribution in [3.63, 3.8) is 0 Å². The van der Waals surface area contributed by atoms with Crippen molar-refractivity contribution in [1.29, 1.82) is 0 Å². The number of nitrogens with one attached hydrogen (secondary N) is 1. The van der Waals surface area contributed by atoms with E-state index in [1.165, 1.54) is 5.56 Å². The summed E-state index contributed by atoms with van der Waals surface area (Å²) in [7, 11) is 3.38. The van der Waals surface area contributed by atoms with Gasteiger partial charge in [0.25, 0.3) is 0 Å². The molecule has 5 nitrogen and oxygen atoms in total. The molecule has 0 aliphatic heterocycles. The lowest BCUT2D eigenvalue weighted by Crippen LogP contribution is -2.21. The summed E-state index contributed by atoms with van der Waals surface area (Å²) in [6.07, 6.45) is 3.78. The third-order valence-electron chi connectivity index (χ3n) is 3.55. The van der Waals surface area contributed by atoms with Crippen LogP contribution in [-0.2, 0) is 11.3 Å². The fourth-order valence-electron chi connectivity index (χ4n) is 2.25. The Balaban J connectivity index is 2.04. The van der Waals surface area contributed by atoms with Crippen molar-refractivity contribution < 1.29 is 9.47 Å². The zero-order valence-corrected chi connectivity index (χ0v) is 12.9. The van der Waals surface area contributed by atoms with E-state index >= 15 is 0 Å². The molecule has 0 saturated carbocycles. The monoisotopic (exact) mass is 289 g/mol. The highest BCUT2D eigenvalue weighted by Gasteiger charge is 2.11. The molecule has 1 aromatic heterocycles. The van der Waals surface area contributed by atoms with Gasteiger partial charge in [0.1, 0.15) is 5.75 Å². The molecule has 1 heterocycles. The summed E-state index contributed by atoms with van der Waals surface area (Å²) in [6.45, 7) is 4.49. The lowest BCUT2D eigenvalue weighted by atomic mass is 10.1. The normalized spacial score (nSPS) is 12.3. The zero-order chi connectivity index (χ0) is 15.1. The molecule has 0 fully saturated rings. The minimum atomic E-state index is 0.234. The van der Waals surface area contributed by atoms with Crippen LogP contribution in [0.15, 0.2) is 36.8 Å². The molecule has 0 radical (unpaired) electrons. The Hall–Kier alpha value is -1.85. The molecule has 0 spiro atoms. The summed E-state index contributed by atoms with van der Waals surface area (Å²) in [4.78, 5) is 4.27. The molecule has 0 saturated heterocycles. The van der Waals surface area contributed by atoms with Gasteiger partial charge in [-0.1, -0.05) is 12.1 Å². The molecule has 2 rings (SSSR count). The van der Waals surface area contributed by atoms with E-state index in [-0.39, 0.29) is 6.04 Å². The average molecular weight is 289 g/mol. The predicted molar refractivity (Wildman–Crippen MR) is 82.6 cm³/mol. The number of ether oxygens (including phenoxy) is 2. The van der Waals surface area contributed by atoms with Crippen LogP contribution >= 0.6 is 0 Å². The Morgan fingerprint density at radius 2 is 2.00 bits per heavy atom. The van der Waals surface area contributed by atoms with Crippen molar-refractivity contribution in [3.05, 3.63) is 48.0 Å². The number of rotatable bonds is 8. The minimum absolute atomic E-state index is 0.234. The molecule has 114 valence electrons. The van der Waals surface area contributed by atoms with Crippen molar-refractivity contribution in [3.8, 4) is 5.75 Å². The van der Waals surface area contributed by atoms with Gasteiger partial charge in [-0.2, -0.15) is 0 Å². The van der Waals surface area contributed by atoms with Crippen LogP contribution in [0, 0.1) is 0 Å². The first-order valence-corrected chi connectivity index (χ1v) is 7.10. The zero-order valence-electron chi connectivity index (χ0n) is 12.9. The van der Waals surface area contributed by atoms with E-state index in [2.05, 4.69) is 33.9 Å². The molecule has 1 aromatic carbocycles. The molecule has 2 aromatic rings. The second-order valence-corrected chi connectivity index (χ2v) is 4.91. The van der Waals surface area contributed by atoms with Crippen LogP contribution in [0.5, 0.6) is 5.75 Å². The molecule has 0 aliphatic carbocycles. The topological polar surface area (TPSA) is 48.3 Å². The molecule has 1 atom stereocenters. The fourth-order valence-corrected chi connectivity index (χ4v) is 2.25. The summed E-state index contributed by atoms with van der Waals surface area (Å²) in [5, 5.41) is 3.35. The van der Waals surface area contributed by atoms with Crippen molar-refractivity contribution in [2.24, 2.45) is 0 Å². The molecular weight excluding hydrogens is 266 g/mol. The highest BCUT2D eigenvalue weighted by Crippen LogP contribution is 2.22. The van der Waals surface area contributed by atoms with Crippen LogP contribution in [0.25, 0.3) is 0 Å². The third-order valence-corrected chi connectivity index (χ3v) is 3.55. The molecule has 1 unspecified atom stereocenters. The maximum Gasteiger partial charge on any atom is 0.118 e. The molecular formula is C16H23N3O2. The number of hydrogen-bond acceptors (Lipinski definition) is 4. The largest absolute Gasteiger partial charge is 0.497 e. The van der Waals surface area contributed by atoms with E-state index in [0.29, 0.717) is 6.61 Å². The van der Waals surface area contributed by atoms with Crippen LogP contribution in [-0.4, -0.2) is 36.9 Å². The number of imidazole rings is 1. The second-order valence-electron chi connectivity index (χ2n) is 4.91. The lowest BCUT2D eigenvalue weighted by Gasteiger charge is -2.17. The van der Waals surface area contributed by atoms with Crippen LogP contribution in [0.1, 0.15) is 24.2 Å². The molecule has 0 bridgehead atoms. The van der Waals surface area contributed by atoms with E-state index in [4.69, 9.17) is 9.47 Å². The maximum absolute atomic E-state index is 5.20. The van der Waals surface area contributed by atoms with Gasteiger partial charge in [0.2, 0.25) is 0 Å². The van der Waals surface area contributed by atoms with Crippen LogP contribution in [0.4, 0.5) is 0 Å². The SMILES string of the molecule is COCCNCc1cncn1C(C)c1ccc(OC)cc1. The summed E-state index contributed by atoms with van der Waals surface area (Å²) in [5.74, 6) is 0.873.